The first-order valence-corrected chi connectivity index (χ1v) is 12.5. The molecule has 0 unspecified atom stereocenters. The van der Waals surface area contributed by atoms with Crippen molar-refractivity contribution in [2.24, 2.45) is 5.92 Å². The van der Waals surface area contributed by atoms with Crippen LogP contribution in [0.25, 0.3) is 0 Å². The second-order valence-electron chi connectivity index (χ2n) is 9.65. The van der Waals surface area contributed by atoms with E-state index in [0.29, 0.717) is 31.0 Å². The summed E-state index contributed by atoms with van der Waals surface area (Å²) in [6.07, 6.45) is 11.4. The standard InChI is InChI=1S/C26H33N5O2/c1-18-21-13-14-23(32)31(17-20-11-5-7-15-27-20)25(21)29-24(28-18)22-12-6-8-16-30(22)26(33)19-9-3-2-4-10-19/h5,7,11,15,19,22H,2-4,6,8-10,12-14,16-17H2,1H3/t22-/m0/s1. The van der Waals surface area contributed by atoms with E-state index in [0.717, 1.165) is 68.4 Å². The Morgan fingerprint density at radius 3 is 2.64 bits per heavy atom. The number of aromatic nitrogens is 3. The molecule has 1 atom stereocenters. The van der Waals surface area contributed by atoms with Crippen LogP contribution < -0.4 is 4.90 Å². The minimum atomic E-state index is -0.106. The van der Waals surface area contributed by atoms with Gasteiger partial charge in [-0.1, -0.05) is 25.3 Å². The largest absolute Gasteiger partial charge is 0.332 e. The molecule has 0 bridgehead atoms. The highest BCUT2D eigenvalue weighted by atomic mass is 16.2. The van der Waals surface area contributed by atoms with Gasteiger partial charge in [-0.05, 0) is 57.6 Å². The summed E-state index contributed by atoms with van der Waals surface area (Å²) in [5, 5.41) is 0. The zero-order valence-corrected chi connectivity index (χ0v) is 19.5. The first-order valence-electron chi connectivity index (χ1n) is 12.5. The van der Waals surface area contributed by atoms with Gasteiger partial charge in [0.05, 0.1) is 18.3 Å². The minimum Gasteiger partial charge on any atom is -0.332 e. The van der Waals surface area contributed by atoms with Crippen LogP contribution in [0.4, 0.5) is 5.82 Å². The fraction of sp³-hybridized carbons (Fsp3) is 0.577. The topological polar surface area (TPSA) is 79.3 Å². The molecule has 33 heavy (non-hydrogen) atoms. The van der Waals surface area contributed by atoms with Gasteiger partial charge < -0.3 is 4.90 Å². The van der Waals surface area contributed by atoms with E-state index in [9.17, 15) is 9.59 Å². The van der Waals surface area contributed by atoms with Crippen molar-refractivity contribution in [3.05, 3.63) is 47.2 Å². The predicted octanol–water partition coefficient (Wildman–Crippen LogP) is 4.29. The number of rotatable bonds is 4. The lowest BCUT2D eigenvalue weighted by molar-refractivity contribution is -0.140. The van der Waals surface area contributed by atoms with E-state index in [1.807, 2.05) is 30.0 Å². The number of piperidine rings is 1. The third kappa shape index (κ3) is 4.50. The summed E-state index contributed by atoms with van der Waals surface area (Å²) in [4.78, 5) is 44.5. The molecule has 2 aromatic rings. The molecule has 1 saturated carbocycles. The molecular weight excluding hydrogens is 414 g/mol. The van der Waals surface area contributed by atoms with Crippen molar-refractivity contribution in [2.45, 2.75) is 83.7 Å². The number of fused-ring (bicyclic) bond motifs is 1. The quantitative estimate of drug-likeness (QED) is 0.698. The molecule has 5 rings (SSSR count). The Kier molecular flexibility index (Phi) is 6.38. The zero-order chi connectivity index (χ0) is 22.8. The first kappa shape index (κ1) is 22.0. The monoisotopic (exact) mass is 447 g/mol. The smallest absolute Gasteiger partial charge is 0.228 e. The fourth-order valence-electron chi connectivity index (χ4n) is 5.62. The maximum atomic E-state index is 13.5. The third-order valence-electron chi connectivity index (χ3n) is 7.44. The lowest BCUT2D eigenvalue weighted by atomic mass is 9.87. The van der Waals surface area contributed by atoms with Crippen LogP contribution in [0, 0.1) is 12.8 Å². The highest BCUT2D eigenvalue weighted by Gasteiger charge is 2.36. The Morgan fingerprint density at radius 2 is 1.85 bits per heavy atom. The third-order valence-corrected chi connectivity index (χ3v) is 7.44. The summed E-state index contributed by atoms with van der Waals surface area (Å²) in [5.74, 6) is 1.88. The van der Waals surface area contributed by atoms with Crippen LogP contribution >= 0.6 is 0 Å². The Hall–Kier alpha value is -2.83. The molecule has 2 fully saturated rings. The van der Waals surface area contributed by atoms with E-state index < -0.39 is 0 Å². The molecule has 174 valence electrons. The van der Waals surface area contributed by atoms with E-state index in [-0.39, 0.29) is 23.8 Å². The number of pyridine rings is 1. The molecule has 1 aliphatic carbocycles. The Bertz CT molecular complexity index is 1020. The highest BCUT2D eigenvalue weighted by molar-refractivity contribution is 5.95. The number of likely N-dealkylation sites (tertiary alicyclic amines) is 1. The maximum Gasteiger partial charge on any atom is 0.228 e. The number of hydrogen-bond acceptors (Lipinski definition) is 5. The van der Waals surface area contributed by atoms with Gasteiger partial charge in [0.15, 0.2) is 5.82 Å². The average Bonchev–Trinajstić information content (AvgIpc) is 2.86. The molecule has 7 heteroatoms. The van der Waals surface area contributed by atoms with E-state index in [1.54, 1.807) is 11.1 Å². The van der Waals surface area contributed by atoms with Gasteiger partial charge in [0.25, 0.3) is 0 Å². The maximum absolute atomic E-state index is 13.5. The van der Waals surface area contributed by atoms with Crippen LogP contribution in [0.1, 0.15) is 86.6 Å². The van der Waals surface area contributed by atoms with Crippen LogP contribution in [0.2, 0.25) is 0 Å². The van der Waals surface area contributed by atoms with E-state index in [4.69, 9.17) is 9.97 Å². The fourth-order valence-corrected chi connectivity index (χ4v) is 5.62. The molecule has 3 aliphatic rings. The molecule has 0 radical (unpaired) electrons. The van der Waals surface area contributed by atoms with Gasteiger partial charge in [0, 0.05) is 36.3 Å². The number of hydrogen-bond donors (Lipinski definition) is 0. The van der Waals surface area contributed by atoms with Gasteiger partial charge in [0.1, 0.15) is 5.82 Å². The molecule has 0 spiro atoms. The first-order chi connectivity index (χ1) is 16.1. The van der Waals surface area contributed by atoms with Crippen molar-refractivity contribution in [3.63, 3.8) is 0 Å². The second-order valence-corrected chi connectivity index (χ2v) is 9.65. The molecule has 4 heterocycles. The van der Waals surface area contributed by atoms with Crippen LogP contribution in [-0.2, 0) is 22.6 Å². The Labute approximate surface area is 195 Å². The van der Waals surface area contributed by atoms with Crippen molar-refractivity contribution in [2.75, 3.05) is 11.4 Å². The van der Waals surface area contributed by atoms with Gasteiger partial charge in [-0.3, -0.25) is 19.5 Å². The lowest BCUT2D eigenvalue weighted by Gasteiger charge is -2.38. The van der Waals surface area contributed by atoms with Crippen molar-refractivity contribution >= 4 is 17.6 Å². The zero-order valence-electron chi connectivity index (χ0n) is 19.5. The summed E-state index contributed by atoms with van der Waals surface area (Å²) in [7, 11) is 0. The van der Waals surface area contributed by atoms with Crippen molar-refractivity contribution in [3.8, 4) is 0 Å². The molecule has 0 N–H and O–H groups in total. The summed E-state index contributed by atoms with van der Waals surface area (Å²) >= 11 is 0. The van der Waals surface area contributed by atoms with Crippen LogP contribution in [0.5, 0.6) is 0 Å². The number of carbonyl (C=O) groups excluding carboxylic acids is 2. The van der Waals surface area contributed by atoms with Gasteiger partial charge in [-0.15, -0.1) is 0 Å². The molecule has 1 saturated heterocycles. The van der Waals surface area contributed by atoms with Crippen LogP contribution in [0.15, 0.2) is 24.4 Å². The molecule has 2 aromatic heterocycles. The number of nitrogens with zero attached hydrogens (tertiary/aromatic N) is 5. The average molecular weight is 448 g/mol. The van der Waals surface area contributed by atoms with Gasteiger partial charge in [-0.25, -0.2) is 9.97 Å². The number of carbonyl (C=O) groups is 2. The van der Waals surface area contributed by atoms with Crippen LogP contribution in [0.3, 0.4) is 0 Å². The molecular formula is C26H33N5O2. The molecule has 7 nitrogen and oxygen atoms in total. The minimum absolute atomic E-state index is 0.0657. The summed E-state index contributed by atoms with van der Waals surface area (Å²) in [6, 6.07) is 5.64. The lowest BCUT2D eigenvalue weighted by Crippen LogP contribution is -2.43. The van der Waals surface area contributed by atoms with E-state index >= 15 is 0 Å². The number of amides is 2. The second kappa shape index (κ2) is 9.57. The SMILES string of the molecule is Cc1nc([C@@H]2CCCCN2C(=O)C2CCCCC2)nc2c1CCC(=O)N2Cc1ccccn1. The highest BCUT2D eigenvalue weighted by Crippen LogP contribution is 2.36. The van der Waals surface area contributed by atoms with Crippen LogP contribution in [-0.4, -0.2) is 38.2 Å². The van der Waals surface area contributed by atoms with Crippen molar-refractivity contribution in [1.82, 2.24) is 19.9 Å². The summed E-state index contributed by atoms with van der Waals surface area (Å²) in [5.41, 5.74) is 2.79. The summed E-state index contributed by atoms with van der Waals surface area (Å²) < 4.78 is 0. The van der Waals surface area contributed by atoms with Gasteiger partial charge in [0.2, 0.25) is 11.8 Å². The van der Waals surface area contributed by atoms with Gasteiger partial charge in [-0.2, -0.15) is 0 Å². The van der Waals surface area contributed by atoms with Crippen molar-refractivity contribution in [1.29, 1.82) is 0 Å². The number of anilines is 1. The predicted molar refractivity (Wildman–Crippen MR) is 125 cm³/mol. The van der Waals surface area contributed by atoms with E-state index in [2.05, 4.69) is 4.98 Å². The summed E-state index contributed by atoms with van der Waals surface area (Å²) in [6.45, 7) is 3.18. The normalized spacial score (nSPS) is 21.7. The van der Waals surface area contributed by atoms with Crippen molar-refractivity contribution < 1.29 is 9.59 Å². The molecule has 2 amide bonds. The van der Waals surface area contributed by atoms with Gasteiger partial charge >= 0.3 is 0 Å². The number of aryl methyl sites for hydroxylation is 1. The Balaban J connectivity index is 1.47. The van der Waals surface area contributed by atoms with E-state index in [1.165, 1.54) is 6.42 Å². The Morgan fingerprint density at radius 1 is 1.03 bits per heavy atom. The molecule has 2 aliphatic heterocycles. The molecule has 0 aromatic carbocycles.